The van der Waals surface area contributed by atoms with Crippen LogP contribution >= 0.6 is 0 Å². The van der Waals surface area contributed by atoms with Gasteiger partial charge in [-0.1, -0.05) is 0 Å². The second kappa shape index (κ2) is 3.95. The zero-order valence-electron chi connectivity index (χ0n) is 8.82. The first-order valence-electron chi connectivity index (χ1n) is 5.14. The normalized spacial score (nSPS) is 17.1. The summed E-state index contributed by atoms with van der Waals surface area (Å²) in [7, 11) is 0. The first-order chi connectivity index (χ1) is 6.75. The van der Waals surface area contributed by atoms with Gasteiger partial charge in [-0.3, -0.25) is 0 Å². The molecule has 0 spiro atoms. The average molecular weight is 190 g/mol. The molecule has 2 heterocycles. The molecule has 1 saturated heterocycles. The van der Waals surface area contributed by atoms with Crippen LogP contribution in [0.1, 0.15) is 24.4 Å². The highest BCUT2D eigenvalue weighted by molar-refractivity contribution is 5.40. The molecule has 0 unspecified atom stereocenters. The van der Waals surface area contributed by atoms with Crippen molar-refractivity contribution in [1.82, 2.24) is 9.97 Å². The lowest BCUT2D eigenvalue weighted by atomic mass is 10.1. The van der Waals surface area contributed by atoms with Crippen LogP contribution in [0.15, 0.2) is 6.07 Å². The maximum absolute atomic E-state index is 4.46. The van der Waals surface area contributed by atoms with Crippen molar-refractivity contribution in [2.24, 2.45) is 0 Å². The first kappa shape index (κ1) is 9.44. The average Bonchev–Trinajstić information content (AvgIpc) is 2.18. The number of nitrogens with zero attached hydrogens (tertiary/aromatic N) is 3. The summed E-state index contributed by atoms with van der Waals surface area (Å²) in [5, 5.41) is 0. The molecule has 0 bridgehead atoms. The van der Waals surface area contributed by atoms with E-state index in [1.54, 1.807) is 0 Å². The van der Waals surface area contributed by atoms with E-state index in [1.807, 2.05) is 13.8 Å². The Bertz CT molecular complexity index is 296. The molecule has 1 radical (unpaired) electrons. The van der Waals surface area contributed by atoms with Gasteiger partial charge < -0.3 is 4.90 Å². The lowest BCUT2D eigenvalue weighted by Crippen LogP contribution is -2.30. The zero-order valence-corrected chi connectivity index (χ0v) is 8.82. The minimum Gasteiger partial charge on any atom is -0.356 e. The van der Waals surface area contributed by atoms with Crippen molar-refractivity contribution in [2.45, 2.75) is 26.7 Å². The molecular formula is C11H16N3. The summed E-state index contributed by atoms with van der Waals surface area (Å²) in [4.78, 5) is 11.1. The van der Waals surface area contributed by atoms with Crippen molar-refractivity contribution < 1.29 is 0 Å². The molecule has 14 heavy (non-hydrogen) atoms. The largest absolute Gasteiger partial charge is 0.356 e. The van der Waals surface area contributed by atoms with Gasteiger partial charge in [0.15, 0.2) is 0 Å². The molecule has 2 rings (SSSR count). The molecule has 3 heteroatoms. The highest BCUT2D eigenvalue weighted by Gasteiger charge is 2.12. The number of aryl methyl sites for hydroxylation is 2. The number of rotatable bonds is 1. The molecular weight excluding hydrogens is 174 g/mol. The van der Waals surface area contributed by atoms with Crippen LogP contribution in [0.3, 0.4) is 0 Å². The van der Waals surface area contributed by atoms with E-state index >= 15 is 0 Å². The number of hydrogen-bond acceptors (Lipinski definition) is 3. The van der Waals surface area contributed by atoms with Gasteiger partial charge in [-0.2, -0.15) is 0 Å². The molecule has 0 N–H and O–H groups in total. The Morgan fingerprint density at radius 1 is 1.14 bits per heavy atom. The lowest BCUT2D eigenvalue weighted by Gasteiger charge is -2.27. The summed E-state index contributed by atoms with van der Waals surface area (Å²) in [6.07, 6.45) is 4.68. The fourth-order valence-electron chi connectivity index (χ4n) is 1.84. The van der Waals surface area contributed by atoms with Crippen LogP contribution in [0.25, 0.3) is 0 Å². The van der Waals surface area contributed by atoms with Crippen molar-refractivity contribution in [1.29, 1.82) is 0 Å². The fourth-order valence-corrected chi connectivity index (χ4v) is 1.84. The molecule has 1 aliphatic heterocycles. The van der Waals surface area contributed by atoms with Crippen LogP contribution in [0, 0.1) is 20.3 Å². The van der Waals surface area contributed by atoms with Crippen molar-refractivity contribution >= 4 is 5.82 Å². The molecule has 1 aromatic rings. The molecule has 0 atom stereocenters. The maximum atomic E-state index is 4.46. The standard InChI is InChI=1S/C11H16N3/c1-9-8-11(13-10(2)12-9)14-6-4-3-5-7-14/h3,8H,4-7H2,1-2H3. The van der Waals surface area contributed by atoms with Gasteiger partial charge in [-0.15, -0.1) is 0 Å². The number of aromatic nitrogens is 2. The van der Waals surface area contributed by atoms with Crippen molar-refractivity contribution in [3.63, 3.8) is 0 Å². The smallest absolute Gasteiger partial charge is 0.132 e. The number of anilines is 1. The van der Waals surface area contributed by atoms with Gasteiger partial charge >= 0.3 is 0 Å². The van der Waals surface area contributed by atoms with Crippen molar-refractivity contribution in [3.05, 3.63) is 24.0 Å². The minimum atomic E-state index is 0.870. The van der Waals surface area contributed by atoms with Gasteiger partial charge in [-0.25, -0.2) is 9.97 Å². The van der Waals surface area contributed by atoms with Gasteiger partial charge in [0.05, 0.1) is 0 Å². The highest BCUT2D eigenvalue weighted by atomic mass is 15.2. The number of piperidine rings is 1. The fraction of sp³-hybridized carbons (Fsp3) is 0.545. The van der Waals surface area contributed by atoms with Gasteiger partial charge in [0, 0.05) is 24.8 Å². The van der Waals surface area contributed by atoms with E-state index in [0.29, 0.717) is 0 Å². The third kappa shape index (κ3) is 2.03. The Balaban J connectivity index is 2.21. The molecule has 3 nitrogen and oxygen atoms in total. The van der Waals surface area contributed by atoms with Gasteiger partial charge in [-0.05, 0) is 33.1 Å². The summed E-state index contributed by atoms with van der Waals surface area (Å²) >= 11 is 0. The van der Waals surface area contributed by atoms with Crippen LogP contribution in [-0.2, 0) is 0 Å². The second-order valence-electron chi connectivity index (χ2n) is 3.77. The van der Waals surface area contributed by atoms with Crippen LogP contribution < -0.4 is 4.90 Å². The quantitative estimate of drug-likeness (QED) is 0.677. The lowest BCUT2D eigenvalue weighted by molar-refractivity contribution is 0.668. The van der Waals surface area contributed by atoms with E-state index in [9.17, 15) is 0 Å². The molecule has 0 aliphatic carbocycles. The summed E-state index contributed by atoms with van der Waals surface area (Å²) in [5.41, 5.74) is 1.06. The predicted molar refractivity (Wildman–Crippen MR) is 57.3 cm³/mol. The van der Waals surface area contributed by atoms with Crippen LogP contribution in [0.4, 0.5) is 5.82 Å². The minimum absolute atomic E-state index is 0.870. The summed E-state index contributed by atoms with van der Waals surface area (Å²) in [5.74, 6) is 1.96. The molecule has 0 aromatic carbocycles. The SMILES string of the molecule is Cc1cc(N2CC[CH]CC2)nc(C)n1. The van der Waals surface area contributed by atoms with E-state index in [1.165, 1.54) is 12.8 Å². The van der Waals surface area contributed by atoms with Gasteiger partial charge in [0.25, 0.3) is 0 Å². The summed E-state index contributed by atoms with van der Waals surface area (Å²) < 4.78 is 0. The number of hydrogen-bond donors (Lipinski definition) is 0. The molecule has 1 aliphatic rings. The van der Waals surface area contributed by atoms with Gasteiger partial charge in [0.2, 0.25) is 0 Å². The Kier molecular flexibility index (Phi) is 2.66. The van der Waals surface area contributed by atoms with Gasteiger partial charge in [0.1, 0.15) is 11.6 Å². The van der Waals surface area contributed by atoms with Crippen LogP contribution in [0.5, 0.6) is 0 Å². The van der Waals surface area contributed by atoms with E-state index in [4.69, 9.17) is 0 Å². The predicted octanol–water partition coefficient (Wildman–Crippen LogP) is 1.90. The summed E-state index contributed by atoms with van der Waals surface area (Å²) in [6.45, 7) is 6.16. The Morgan fingerprint density at radius 3 is 2.50 bits per heavy atom. The molecule has 0 saturated carbocycles. The van der Waals surface area contributed by atoms with E-state index in [2.05, 4.69) is 27.4 Å². The van der Waals surface area contributed by atoms with E-state index in [-0.39, 0.29) is 0 Å². The Hall–Kier alpha value is -1.12. The first-order valence-corrected chi connectivity index (χ1v) is 5.14. The topological polar surface area (TPSA) is 29.0 Å². The Morgan fingerprint density at radius 2 is 1.86 bits per heavy atom. The zero-order chi connectivity index (χ0) is 9.97. The second-order valence-corrected chi connectivity index (χ2v) is 3.77. The third-order valence-corrected chi connectivity index (χ3v) is 2.48. The third-order valence-electron chi connectivity index (χ3n) is 2.48. The molecule has 1 fully saturated rings. The van der Waals surface area contributed by atoms with Crippen LogP contribution in [-0.4, -0.2) is 23.1 Å². The van der Waals surface area contributed by atoms with Crippen molar-refractivity contribution in [2.75, 3.05) is 18.0 Å². The van der Waals surface area contributed by atoms with Crippen LogP contribution in [0.2, 0.25) is 0 Å². The monoisotopic (exact) mass is 190 g/mol. The molecule has 1 aromatic heterocycles. The molecule has 75 valence electrons. The van der Waals surface area contributed by atoms with E-state index in [0.717, 1.165) is 30.4 Å². The molecule has 0 amide bonds. The van der Waals surface area contributed by atoms with Crippen molar-refractivity contribution in [3.8, 4) is 0 Å². The highest BCUT2D eigenvalue weighted by Crippen LogP contribution is 2.17. The van der Waals surface area contributed by atoms with E-state index < -0.39 is 0 Å². The summed E-state index contributed by atoms with van der Waals surface area (Å²) in [6, 6.07) is 2.07. The maximum Gasteiger partial charge on any atom is 0.132 e. The Labute approximate surface area is 85.2 Å².